The van der Waals surface area contributed by atoms with Crippen LogP contribution in [0.1, 0.15) is 81.3 Å². The van der Waals surface area contributed by atoms with Crippen molar-refractivity contribution in [2.75, 3.05) is 0 Å². The summed E-state index contributed by atoms with van der Waals surface area (Å²) in [7, 11) is 0. The van der Waals surface area contributed by atoms with Gasteiger partial charge in [0.15, 0.2) is 0 Å². The summed E-state index contributed by atoms with van der Waals surface area (Å²) in [5, 5.41) is 0. The standard InChI is InChI=1S/C23H29.C5H5.4CH3.2ClH.2H2Si.Zr/c1-14-9-16-11-17-10-15(2)21(23(6,7)8)13-19(17)18(16)12-20(14)22(3,4)5;1-2-4-5-3-1;;;;;;;;;/h9,12-13H,11H2,1-8H3;1-3H,4H2;4*1H3;2*1H;2*1H2;. The number of halogens is 2. The Balaban J connectivity index is 0.00000241. The van der Waals surface area contributed by atoms with E-state index in [1.54, 1.807) is 12.1 Å². The van der Waals surface area contributed by atoms with Crippen molar-refractivity contribution in [1.82, 2.24) is 0 Å². The normalized spacial score (nSPS) is 19.2. The van der Waals surface area contributed by atoms with Crippen molar-refractivity contribution >= 4 is 41.8 Å². The number of hydrogen-bond acceptors (Lipinski definition) is 0. The van der Waals surface area contributed by atoms with E-state index in [-0.39, 0.29) is 35.6 Å². The molecule has 37 heavy (non-hydrogen) atoms. The predicted molar refractivity (Wildman–Crippen MR) is 178 cm³/mol. The van der Waals surface area contributed by atoms with Gasteiger partial charge in [-0.25, -0.2) is 0 Å². The number of benzene rings is 2. The summed E-state index contributed by atoms with van der Waals surface area (Å²) in [6.07, 6.45) is 9.28. The second-order valence-corrected chi connectivity index (χ2v) is 120. The van der Waals surface area contributed by atoms with E-state index in [9.17, 15) is 0 Å². The third-order valence-electron chi connectivity index (χ3n) is 9.57. The van der Waals surface area contributed by atoms with Gasteiger partial charge in [-0.2, -0.15) is 0 Å². The maximum absolute atomic E-state index is 5.08. The predicted octanol–water partition coefficient (Wildman–Crippen LogP) is 8.37. The summed E-state index contributed by atoms with van der Waals surface area (Å²) in [6.45, 7) is 23.8. The zero-order valence-electron chi connectivity index (χ0n) is 25.6. The van der Waals surface area contributed by atoms with Gasteiger partial charge in [0.1, 0.15) is 0 Å². The molecule has 2 aliphatic carbocycles. The SMILES string of the molecule is Cc1cc2c(cc1C(C)(C)C)-c1cc(C(C)(C)C)c(C)[c]([Zr]([CH3])([CH3])([CH3])([CH3])(=[SiH2])(=[SiH2])[C]3=CC=CC3)c1C2.Cl.Cl. The van der Waals surface area contributed by atoms with Crippen molar-refractivity contribution in [3.8, 4) is 11.1 Å². The fourth-order valence-corrected chi connectivity index (χ4v) is 34.1. The van der Waals surface area contributed by atoms with Crippen molar-refractivity contribution in [3.63, 3.8) is 0 Å². The molecule has 0 N–H and O–H groups in total. The van der Waals surface area contributed by atoms with Gasteiger partial charge >= 0.3 is 210 Å². The van der Waals surface area contributed by atoms with E-state index >= 15 is 0 Å². The van der Waals surface area contributed by atoms with Gasteiger partial charge in [-0.15, -0.1) is 24.8 Å². The van der Waals surface area contributed by atoms with Crippen LogP contribution in [0.15, 0.2) is 39.7 Å². The number of fused-ring (bicyclic) bond motifs is 3. The van der Waals surface area contributed by atoms with Gasteiger partial charge in [-0.3, -0.25) is 0 Å². The average molecular weight is 655 g/mol. The molecule has 0 amide bonds. The maximum Gasteiger partial charge on any atom is -0.147 e. The third kappa shape index (κ3) is 4.97. The number of aryl methyl sites for hydroxylation is 1. The molecular weight excluding hydrogens is 603 g/mol. The Hall–Kier alpha value is -0.183. The topological polar surface area (TPSA) is 0 Å². The van der Waals surface area contributed by atoms with Crippen molar-refractivity contribution in [3.05, 3.63) is 73.1 Å². The first kappa shape index (κ1) is 33.0. The van der Waals surface area contributed by atoms with E-state index in [0.29, 0.717) is 0 Å². The van der Waals surface area contributed by atoms with Crippen LogP contribution in [0.2, 0.25) is 18.5 Å². The maximum atomic E-state index is 2.73. The van der Waals surface area contributed by atoms with E-state index in [0.717, 1.165) is 12.8 Å². The van der Waals surface area contributed by atoms with Crippen LogP contribution in [-0.4, -0.2) is 13.8 Å². The van der Waals surface area contributed by atoms with Crippen LogP contribution in [0.3, 0.4) is 0 Å². The van der Waals surface area contributed by atoms with Gasteiger partial charge < -0.3 is 0 Å². The minimum atomic E-state index is -5.08. The van der Waals surface area contributed by atoms with Gasteiger partial charge in [0.2, 0.25) is 0 Å². The zero-order valence-corrected chi connectivity index (χ0v) is 32.5. The van der Waals surface area contributed by atoms with Gasteiger partial charge in [-0.05, 0) is 0 Å². The first-order valence-electron chi connectivity index (χ1n) is 13.6. The Morgan fingerprint density at radius 1 is 0.757 bits per heavy atom. The summed E-state index contributed by atoms with van der Waals surface area (Å²) >= 11 is -5.08. The van der Waals surface area contributed by atoms with E-state index < -0.39 is 11.6 Å². The molecule has 4 rings (SSSR count). The quantitative estimate of drug-likeness (QED) is 0.244. The molecular formula is C32H52Cl2Si2Zr. The summed E-state index contributed by atoms with van der Waals surface area (Å²) in [5.41, 5.74) is 12.3. The van der Waals surface area contributed by atoms with E-state index in [2.05, 4.69) is 124 Å². The summed E-state index contributed by atoms with van der Waals surface area (Å²) < 4.78 is 14.3. The van der Waals surface area contributed by atoms with Crippen molar-refractivity contribution in [2.45, 2.75) is 97.6 Å². The largest absolute Gasteiger partial charge is 0.147 e. The van der Waals surface area contributed by atoms with Gasteiger partial charge in [-0.1, -0.05) is 0 Å². The van der Waals surface area contributed by atoms with Crippen LogP contribution in [0.4, 0.5) is 0 Å². The van der Waals surface area contributed by atoms with E-state index in [1.165, 1.54) is 38.9 Å². The summed E-state index contributed by atoms with van der Waals surface area (Å²) in [6, 6.07) is 7.61. The molecule has 5 heteroatoms. The monoisotopic (exact) mass is 652 g/mol. The third-order valence-corrected chi connectivity index (χ3v) is 38.3. The molecule has 2 aromatic rings. The molecule has 0 unspecified atom stereocenters. The minimum Gasteiger partial charge on any atom is -0.147 e. The van der Waals surface area contributed by atoms with Crippen LogP contribution in [0.25, 0.3) is 11.1 Å². The molecule has 0 radical (unpaired) electrons. The van der Waals surface area contributed by atoms with Gasteiger partial charge in [0.05, 0.1) is 0 Å². The Labute approximate surface area is 233 Å². The molecule has 0 atom stereocenters. The van der Waals surface area contributed by atoms with Crippen molar-refractivity contribution in [2.24, 2.45) is 0 Å². The van der Waals surface area contributed by atoms with Crippen molar-refractivity contribution in [1.29, 1.82) is 0 Å². The van der Waals surface area contributed by atoms with E-state index in [4.69, 9.17) is 0 Å². The van der Waals surface area contributed by atoms with Gasteiger partial charge in [0, 0.05) is 0 Å². The van der Waals surface area contributed by atoms with Crippen LogP contribution in [-0.2, 0) is 28.8 Å². The zero-order chi connectivity index (χ0) is 26.8. The molecule has 2 aliphatic rings. The Morgan fingerprint density at radius 2 is 1.27 bits per heavy atom. The number of rotatable bonds is 2. The van der Waals surface area contributed by atoms with Crippen LogP contribution in [0.5, 0.6) is 0 Å². The first-order chi connectivity index (χ1) is 15.2. The van der Waals surface area contributed by atoms with Gasteiger partial charge in [0.25, 0.3) is 0 Å². The smallest absolute Gasteiger partial charge is 0.147 e. The molecule has 2 aromatic carbocycles. The molecule has 0 nitrogen and oxygen atoms in total. The molecule has 0 saturated carbocycles. The summed E-state index contributed by atoms with van der Waals surface area (Å²) in [4.78, 5) is 0. The molecule has 206 valence electrons. The van der Waals surface area contributed by atoms with Crippen LogP contribution in [0, 0.1) is 13.8 Å². The fraction of sp³-hybridized carbons (Fsp3) is 0.500. The molecule has 0 fully saturated rings. The summed E-state index contributed by atoms with van der Waals surface area (Å²) in [5.74, 6) is 0. The Kier molecular flexibility index (Phi) is 6.40. The molecule has 0 bridgehead atoms. The van der Waals surface area contributed by atoms with Crippen molar-refractivity contribution < 1.29 is 11.6 Å². The molecule has 0 aliphatic heterocycles. The van der Waals surface area contributed by atoms with Crippen LogP contribution >= 0.6 is 24.8 Å². The second kappa shape index (κ2) is 7.17. The molecule has 0 spiro atoms. The molecule has 0 saturated heterocycles. The Morgan fingerprint density at radius 3 is 1.73 bits per heavy atom. The average Bonchev–Trinajstić information content (AvgIpc) is 3.24. The van der Waals surface area contributed by atoms with Crippen LogP contribution < -0.4 is 3.27 Å². The second-order valence-electron chi connectivity index (χ2n) is 19.7. The molecule has 0 heterocycles. The number of hydrogen-bond donors (Lipinski definition) is 0. The van der Waals surface area contributed by atoms with E-state index in [1.807, 2.05) is 0 Å². The Bertz CT molecular complexity index is 1670. The number of allylic oxidation sites excluding steroid dienone is 4. The minimum absolute atomic E-state index is 0. The fourth-order valence-electron chi connectivity index (χ4n) is 7.91. The first-order valence-corrected chi connectivity index (χ1v) is 37.7. The molecule has 0 aromatic heterocycles.